The van der Waals surface area contributed by atoms with Crippen LogP contribution < -0.4 is 0 Å². The van der Waals surface area contributed by atoms with Gasteiger partial charge in [-0.05, 0) is 44.2 Å². The second kappa shape index (κ2) is 32.1. The van der Waals surface area contributed by atoms with Gasteiger partial charge in [0.15, 0.2) is 0 Å². The molecule has 2 nitrogen and oxygen atoms in total. The van der Waals surface area contributed by atoms with Gasteiger partial charge in [0.2, 0.25) is 10.5 Å². The Morgan fingerprint density at radius 3 is 1.12 bits per heavy atom. The van der Waals surface area contributed by atoms with Gasteiger partial charge >= 0.3 is 0 Å². The predicted octanol–water partition coefficient (Wildman–Crippen LogP) is 9.55. The largest absolute Gasteiger partial charge is 0.529 e. The van der Waals surface area contributed by atoms with Gasteiger partial charge in [0.05, 0.1) is 0 Å². The molecule has 0 bridgehead atoms. The summed E-state index contributed by atoms with van der Waals surface area (Å²) in [7, 11) is 0.906. The zero-order chi connectivity index (χ0) is 24.8. The van der Waals surface area contributed by atoms with E-state index in [1.165, 1.54) is 116 Å². The van der Waals surface area contributed by atoms with E-state index in [4.69, 9.17) is 0 Å². The van der Waals surface area contributed by atoms with Gasteiger partial charge in [0, 0.05) is 6.42 Å². The Kier molecular flexibility index (Phi) is 34.3. The Morgan fingerprint density at radius 2 is 0.818 bits per heavy atom. The van der Waals surface area contributed by atoms with Crippen LogP contribution in [0.3, 0.4) is 0 Å². The molecule has 0 amide bonds. The van der Waals surface area contributed by atoms with Gasteiger partial charge in [-0.2, -0.15) is 0 Å². The molecule has 4 heteroatoms. The van der Waals surface area contributed by atoms with Gasteiger partial charge < -0.3 is 4.43 Å². The first-order chi connectivity index (χ1) is 16.2. The lowest BCUT2D eigenvalue weighted by atomic mass is 10.1. The summed E-state index contributed by atoms with van der Waals surface area (Å²) in [6.45, 7) is 9.02. The summed E-state index contributed by atoms with van der Waals surface area (Å²) in [6.07, 6.45) is 33.9. The molecule has 0 unspecified atom stereocenters. The molecule has 200 valence electrons. The topological polar surface area (TPSA) is 26.3 Å². The number of carbonyl (C=O) groups excluding carboxylic acids is 1. The highest BCUT2D eigenvalue weighted by atomic mass is 31.1. The molecule has 0 fully saturated rings. The molecule has 0 saturated carbocycles. The molecule has 0 saturated heterocycles. The summed E-state index contributed by atoms with van der Waals surface area (Å²) < 4.78 is 4.55. The number of rotatable bonds is 24. The zero-order valence-electron chi connectivity index (χ0n) is 23.7. The third kappa shape index (κ3) is 32.1. The average molecular weight is 503 g/mol. The highest BCUT2D eigenvalue weighted by Gasteiger charge is 2.08. The van der Waals surface area contributed by atoms with Crippen LogP contribution >= 0.6 is 7.92 Å². The molecule has 0 aliphatic heterocycles. The molecular weight excluding hydrogens is 439 g/mol. The summed E-state index contributed by atoms with van der Waals surface area (Å²) in [4.78, 5) is 10.4. The molecule has 0 aromatic rings. The van der Waals surface area contributed by atoms with Crippen LogP contribution in [0.4, 0.5) is 0 Å². The first kappa shape index (κ1) is 35.3. The van der Waals surface area contributed by atoms with E-state index in [0.29, 0.717) is 24.8 Å². The fraction of sp³-hybridized carbons (Fsp3) is 0.966. The van der Waals surface area contributed by atoms with Crippen LogP contribution in [0.1, 0.15) is 163 Å². The molecule has 0 aliphatic carbocycles. The summed E-state index contributed by atoms with van der Waals surface area (Å²) in [6, 6.07) is 0. The molecule has 0 rings (SSSR count). The van der Waals surface area contributed by atoms with Crippen molar-refractivity contribution >= 4 is 24.4 Å². The fourth-order valence-corrected chi connectivity index (χ4v) is 6.99. The van der Waals surface area contributed by atoms with Gasteiger partial charge in [-0.1, -0.05) is 130 Å². The van der Waals surface area contributed by atoms with E-state index < -0.39 is 0 Å². The maximum absolute atomic E-state index is 10.4. The first-order valence-electron chi connectivity index (χ1n) is 14.9. The minimum Gasteiger partial charge on any atom is -0.529 e. The standard InChI is InChI=1S/C24H51P.C5H12O2Si/c1-4-7-10-13-16-19-22-25(23-20-17-14-11-8-5-2)24-21-18-15-12-9-6-3;1-2-3-4-5(6)7-8/h4-24H2,1-3H3;2-4H2,1,8H3. The lowest BCUT2D eigenvalue weighted by Gasteiger charge is -2.18. The maximum atomic E-state index is 10.4. The summed E-state index contributed by atoms with van der Waals surface area (Å²) >= 11 is 0. The number of carbonyl (C=O) groups is 1. The Hall–Kier alpha value is 0.117. The van der Waals surface area contributed by atoms with Crippen LogP contribution in [0.25, 0.3) is 0 Å². The third-order valence-electron chi connectivity index (χ3n) is 6.45. The van der Waals surface area contributed by atoms with Gasteiger partial charge in [0.25, 0.3) is 5.97 Å². The monoisotopic (exact) mass is 502 g/mol. The predicted molar refractivity (Wildman–Crippen MR) is 157 cm³/mol. The Balaban J connectivity index is 0. The summed E-state index contributed by atoms with van der Waals surface area (Å²) in [5.41, 5.74) is 0. The van der Waals surface area contributed by atoms with Crippen molar-refractivity contribution in [3.63, 3.8) is 0 Å². The zero-order valence-corrected chi connectivity index (χ0v) is 26.6. The first-order valence-corrected chi connectivity index (χ1v) is 17.7. The van der Waals surface area contributed by atoms with Gasteiger partial charge in [-0.15, -0.1) is 7.92 Å². The Bertz CT molecular complexity index is 327. The quantitative estimate of drug-likeness (QED) is 0.0746. The van der Waals surface area contributed by atoms with E-state index in [1.54, 1.807) is 18.5 Å². The van der Waals surface area contributed by atoms with Crippen molar-refractivity contribution in [1.82, 2.24) is 0 Å². The van der Waals surface area contributed by atoms with E-state index in [-0.39, 0.29) is 5.97 Å². The maximum Gasteiger partial charge on any atom is 0.291 e. The van der Waals surface area contributed by atoms with Crippen molar-refractivity contribution in [3.8, 4) is 0 Å². The van der Waals surface area contributed by atoms with E-state index >= 15 is 0 Å². The normalized spacial score (nSPS) is 10.9. The van der Waals surface area contributed by atoms with Gasteiger partial charge in [0.1, 0.15) is 0 Å². The van der Waals surface area contributed by atoms with Crippen molar-refractivity contribution in [2.45, 2.75) is 163 Å². The third-order valence-corrected chi connectivity index (χ3v) is 9.75. The lowest BCUT2D eigenvalue weighted by molar-refractivity contribution is -0.134. The second-order valence-electron chi connectivity index (χ2n) is 9.82. The molecule has 0 radical (unpaired) electrons. The SMILES string of the molecule is CCCCC(=O)O[SiH3].CCCCCCCCP(CCCCCCCC)CCCCCCCC. The summed E-state index contributed by atoms with van der Waals surface area (Å²) in [5.74, 6) is -0.0430. The molecule has 33 heavy (non-hydrogen) atoms. The molecule has 0 aromatic carbocycles. The highest BCUT2D eigenvalue weighted by Crippen LogP contribution is 2.39. The van der Waals surface area contributed by atoms with Crippen LogP contribution in [-0.4, -0.2) is 34.9 Å². The van der Waals surface area contributed by atoms with E-state index in [9.17, 15) is 4.79 Å². The van der Waals surface area contributed by atoms with Gasteiger partial charge in [-0.25, -0.2) is 0 Å². The van der Waals surface area contributed by atoms with Crippen LogP contribution in [0.15, 0.2) is 0 Å². The molecule has 0 N–H and O–H groups in total. The molecule has 0 atom stereocenters. The van der Waals surface area contributed by atoms with E-state index in [2.05, 4.69) is 32.1 Å². The smallest absolute Gasteiger partial charge is 0.291 e. The number of unbranched alkanes of at least 4 members (excludes halogenated alkanes) is 16. The minimum atomic E-state index is -0.0430. The van der Waals surface area contributed by atoms with Crippen molar-refractivity contribution in [2.24, 2.45) is 0 Å². The molecule has 0 spiro atoms. The van der Waals surface area contributed by atoms with Crippen molar-refractivity contribution in [1.29, 1.82) is 0 Å². The lowest BCUT2D eigenvalue weighted by Crippen LogP contribution is -1.99. The Morgan fingerprint density at radius 1 is 0.515 bits per heavy atom. The van der Waals surface area contributed by atoms with Crippen LogP contribution in [0.5, 0.6) is 0 Å². The van der Waals surface area contributed by atoms with Crippen LogP contribution in [-0.2, 0) is 9.22 Å². The van der Waals surface area contributed by atoms with Crippen LogP contribution in [0, 0.1) is 0 Å². The summed E-state index contributed by atoms with van der Waals surface area (Å²) in [5, 5.41) is 0. The fourth-order valence-electron chi connectivity index (χ4n) is 4.11. The minimum absolute atomic E-state index is 0.0430. The van der Waals surface area contributed by atoms with Crippen molar-refractivity contribution in [2.75, 3.05) is 18.5 Å². The molecule has 0 heterocycles. The van der Waals surface area contributed by atoms with Crippen LogP contribution in [0.2, 0.25) is 0 Å². The molecule has 0 aliphatic rings. The Labute approximate surface area is 214 Å². The number of hydrogen-bond acceptors (Lipinski definition) is 2. The van der Waals surface area contributed by atoms with Gasteiger partial charge in [-0.3, -0.25) is 4.79 Å². The molecular formula is C29H63O2PSi. The van der Waals surface area contributed by atoms with E-state index in [1.807, 2.05) is 0 Å². The van der Waals surface area contributed by atoms with E-state index in [0.717, 1.165) is 12.8 Å². The second-order valence-corrected chi connectivity index (χ2v) is 12.9. The highest BCUT2D eigenvalue weighted by molar-refractivity contribution is 7.57. The molecule has 0 aromatic heterocycles. The number of hydrogen-bond donors (Lipinski definition) is 0. The van der Waals surface area contributed by atoms with Crippen molar-refractivity contribution < 1.29 is 9.22 Å². The van der Waals surface area contributed by atoms with Crippen molar-refractivity contribution in [3.05, 3.63) is 0 Å². The average Bonchev–Trinajstić information content (AvgIpc) is 2.83.